The standard InChI is InChI=1S/C94H184O17P2/c1-6-9-12-15-18-21-24-27-29-31-33-35-37-39-44-49-54-59-64-69-74-79-93(98)111-90(84-105-92(97)78-73-68-63-58-53-48-43-38-36-34-32-30-28-25-22-19-16-13-10-7-2)86-109-113(102,103)107-82-88(95)81-106-112(100,101)108-85-89(83-104-91(96)77-72-67-62-57-52-46-26-23-20-17-14-11-8-3)110-94(99)80-75-70-65-60-55-50-45-41-40-42-47-51-56-61-66-71-76-87(4)5/h87-90,95H,6-86H2,1-5H3,(H,100,101)(H,102,103)/t88-,89+,90+/m0/s1. The van der Waals surface area contributed by atoms with Gasteiger partial charge in [-0.1, -0.05) is 465 Å². The highest BCUT2D eigenvalue weighted by atomic mass is 31.2. The molecule has 0 aliphatic heterocycles. The number of ether oxygens (including phenoxy) is 4. The molecule has 19 heteroatoms. The Morgan fingerprint density at radius 1 is 0.239 bits per heavy atom. The topological polar surface area (TPSA) is 237 Å². The number of esters is 4. The van der Waals surface area contributed by atoms with Crippen LogP contribution in [-0.2, 0) is 65.4 Å². The van der Waals surface area contributed by atoms with E-state index in [4.69, 9.17) is 37.0 Å². The van der Waals surface area contributed by atoms with Gasteiger partial charge in [-0.3, -0.25) is 37.3 Å². The fourth-order valence-electron chi connectivity index (χ4n) is 14.9. The smallest absolute Gasteiger partial charge is 0.462 e. The van der Waals surface area contributed by atoms with Gasteiger partial charge in [0.15, 0.2) is 12.2 Å². The summed E-state index contributed by atoms with van der Waals surface area (Å²) in [6.45, 7) is 7.45. The molecule has 17 nitrogen and oxygen atoms in total. The summed E-state index contributed by atoms with van der Waals surface area (Å²) in [5, 5.41) is 10.7. The van der Waals surface area contributed by atoms with Crippen LogP contribution in [0, 0.1) is 5.92 Å². The molecule has 0 saturated heterocycles. The Morgan fingerprint density at radius 3 is 0.602 bits per heavy atom. The summed E-state index contributed by atoms with van der Waals surface area (Å²) in [5.74, 6) is -1.28. The summed E-state index contributed by atoms with van der Waals surface area (Å²) >= 11 is 0. The van der Waals surface area contributed by atoms with E-state index in [9.17, 15) is 43.2 Å². The van der Waals surface area contributed by atoms with E-state index in [0.29, 0.717) is 25.7 Å². The van der Waals surface area contributed by atoms with Crippen LogP contribution in [0.5, 0.6) is 0 Å². The Kier molecular flexibility index (Phi) is 85.0. The molecule has 0 fully saturated rings. The molecule has 0 radical (unpaired) electrons. The predicted octanol–water partition coefficient (Wildman–Crippen LogP) is 29.5. The fourth-order valence-corrected chi connectivity index (χ4v) is 16.5. The molecule has 2 unspecified atom stereocenters. The van der Waals surface area contributed by atoms with Gasteiger partial charge in [-0.05, 0) is 31.6 Å². The maximum Gasteiger partial charge on any atom is 0.472 e. The van der Waals surface area contributed by atoms with E-state index < -0.39 is 97.5 Å². The van der Waals surface area contributed by atoms with Crippen LogP contribution in [0.25, 0.3) is 0 Å². The lowest BCUT2D eigenvalue weighted by molar-refractivity contribution is -0.161. The van der Waals surface area contributed by atoms with Crippen molar-refractivity contribution in [3.8, 4) is 0 Å². The Balaban J connectivity index is 5.25. The number of phosphoric ester groups is 2. The Labute approximate surface area is 696 Å². The average molecular weight is 1650 g/mol. The molecule has 0 aromatic carbocycles. The summed E-state index contributed by atoms with van der Waals surface area (Å²) in [4.78, 5) is 73.6. The Bertz CT molecular complexity index is 2140. The van der Waals surface area contributed by atoms with Gasteiger partial charge < -0.3 is 33.8 Å². The summed E-state index contributed by atoms with van der Waals surface area (Å²) in [7, 11) is -9.94. The van der Waals surface area contributed by atoms with Gasteiger partial charge >= 0.3 is 39.5 Å². The monoisotopic (exact) mass is 1650 g/mol. The molecule has 5 atom stereocenters. The number of carbonyl (C=O) groups excluding carboxylic acids is 4. The lowest BCUT2D eigenvalue weighted by Gasteiger charge is -2.21. The van der Waals surface area contributed by atoms with Gasteiger partial charge in [-0.25, -0.2) is 9.13 Å². The van der Waals surface area contributed by atoms with E-state index in [2.05, 4.69) is 34.6 Å². The molecule has 0 amide bonds. The fraction of sp³-hybridized carbons (Fsp3) is 0.957. The minimum atomic E-state index is -4.97. The highest BCUT2D eigenvalue weighted by molar-refractivity contribution is 7.47. The molecule has 0 rings (SSSR count). The van der Waals surface area contributed by atoms with Crippen LogP contribution >= 0.6 is 15.6 Å². The molecule has 0 spiro atoms. The molecular weight excluding hydrogens is 1460 g/mol. The summed E-state index contributed by atoms with van der Waals surface area (Å²) in [6, 6.07) is 0. The first kappa shape index (κ1) is 111. The third-order valence-corrected chi connectivity index (χ3v) is 24.2. The average Bonchev–Trinajstić information content (AvgIpc) is 0.918. The summed E-state index contributed by atoms with van der Waals surface area (Å²) in [6.07, 6.45) is 83.4. The van der Waals surface area contributed by atoms with E-state index >= 15 is 0 Å². The molecule has 0 aromatic heterocycles. The second-order valence-corrected chi connectivity index (χ2v) is 37.1. The zero-order chi connectivity index (χ0) is 82.6. The van der Waals surface area contributed by atoms with Crippen molar-refractivity contribution < 1.29 is 80.2 Å². The van der Waals surface area contributed by atoms with Gasteiger partial charge in [-0.15, -0.1) is 0 Å². The number of aliphatic hydroxyl groups is 1. The minimum Gasteiger partial charge on any atom is -0.462 e. The summed E-state index contributed by atoms with van der Waals surface area (Å²) < 4.78 is 69.2. The first-order valence-electron chi connectivity index (χ1n) is 48.6. The molecule has 0 aromatic rings. The van der Waals surface area contributed by atoms with Crippen molar-refractivity contribution in [3.05, 3.63) is 0 Å². The first-order chi connectivity index (χ1) is 55.0. The molecular formula is C94H184O17P2. The molecule has 0 aliphatic carbocycles. The van der Waals surface area contributed by atoms with E-state index in [1.165, 1.54) is 340 Å². The van der Waals surface area contributed by atoms with Crippen molar-refractivity contribution in [3.63, 3.8) is 0 Å². The molecule has 0 aliphatic rings. The normalized spacial score (nSPS) is 13.6. The number of hydrogen-bond acceptors (Lipinski definition) is 15. The van der Waals surface area contributed by atoms with Crippen molar-refractivity contribution in [2.75, 3.05) is 39.6 Å². The molecule has 0 bridgehead atoms. The van der Waals surface area contributed by atoms with Crippen LogP contribution < -0.4 is 0 Å². The van der Waals surface area contributed by atoms with Crippen molar-refractivity contribution in [2.24, 2.45) is 5.92 Å². The van der Waals surface area contributed by atoms with Crippen LogP contribution in [0.1, 0.15) is 516 Å². The van der Waals surface area contributed by atoms with E-state index in [1.54, 1.807) is 0 Å². The second kappa shape index (κ2) is 86.4. The molecule has 672 valence electrons. The number of rotatable bonds is 94. The number of hydrogen-bond donors (Lipinski definition) is 3. The maximum atomic E-state index is 13.2. The Morgan fingerprint density at radius 2 is 0.407 bits per heavy atom. The molecule has 0 heterocycles. The first-order valence-corrected chi connectivity index (χ1v) is 51.6. The number of aliphatic hydroxyl groups excluding tert-OH is 1. The van der Waals surface area contributed by atoms with Crippen molar-refractivity contribution in [1.82, 2.24) is 0 Å². The van der Waals surface area contributed by atoms with E-state index in [-0.39, 0.29) is 25.7 Å². The maximum absolute atomic E-state index is 13.2. The van der Waals surface area contributed by atoms with Gasteiger partial charge in [0.25, 0.3) is 0 Å². The molecule has 113 heavy (non-hydrogen) atoms. The number of unbranched alkanes of at least 4 members (excludes halogenated alkanes) is 66. The quantitative estimate of drug-likeness (QED) is 0.0222. The Hall–Kier alpha value is -1.94. The summed E-state index contributed by atoms with van der Waals surface area (Å²) in [5.41, 5.74) is 0. The largest absolute Gasteiger partial charge is 0.472 e. The van der Waals surface area contributed by atoms with Gasteiger partial charge in [0.05, 0.1) is 26.4 Å². The van der Waals surface area contributed by atoms with Crippen LogP contribution in [0.15, 0.2) is 0 Å². The van der Waals surface area contributed by atoms with E-state index in [0.717, 1.165) is 95.8 Å². The van der Waals surface area contributed by atoms with Gasteiger partial charge in [0, 0.05) is 25.7 Å². The third-order valence-electron chi connectivity index (χ3n) is 22.3. The van der Waals surface area contributed by atoms with E-state index in [1.807, 2.05) is 0 Å². The van der Waals surface area contributed by atoms with Crippen LogP contribution in [0.3, 0.4) is 0 Å². The predicted molar refractivity (Wildman–Crippen MR) is 469 cm³/mol. The van der Waals surface area contributed by atoms with Crippen molar-refractivity contribution in [1.29, 1.82) is 0 Å². The zero-order valence-corrected chi connectivity index (χ0v) is 76.3. The minimum absolute atomic E-state index is 0.109. The van der Waals surface area contributed by atoms with Gasteiger partial charge in [0.2, 0.25) is 0 Å². The van der Waals surface area contributed by atoms with Crippen molar-refractivity contribution in [2.45, 2.75) is 534 Å². The lowest BCUT2D eigenvalue weighted by atomic mass is 10.0. The highest BCUT2D eigenvalue weighted by Gasteiger charge is 2.31. The van der Waals surface area contributed by atoms with Gasteiger partial charge in [-0.2, -0.15) is 0 Å². The second-order valence-electron chi connectivity index (χ2n) is 34.2. The molecule has 3 N–H and O–H groups in total. The van der Waals surface area contributed by atoms with Crippen LogP contribution in [-0.4, -0.2) is 96.7 Å². The van der Waals surface area contributed by atoms with Crippen molar-refractivity contribution >= 4 is 39.5 Å². The van der Waals surface area contributed by atoms with Gasteiger partial charge in [0.1, 0.15) is 19.3 Å². The highest BCUT2D eigenvalue weighted by Crippen LogP contribution is 2.45. The lowest BCUT2D eigenvalue weighted by Crippen LogP contribution is -2.30. The zero-order valence-electron chi connectivity index (χ0n) is 74.5. The SMILES string of the molecule is CCCCCCCCCCCCCCCCCCCCCCCC(=O)O[C@H](COC(=O)CCCCCCCCCCCCCCCCCCCCCC)COP(=O)(O)OC[C@@H](O)COP(=O)(O)OC[C@@H](COC(=O)CCCCCCCCCCCCCCC)OC(=O)CCCCCCCCCCCCCCCCCCC(C)C. The number of carbonyl (C=O) groups is 4. The third kappa shape index (κ3) is 87.7. The van der Waals surface area contributed by atoms with Crippen LogP contribution in [0.2, 0.25) is 0 Å². The molecule has 0 saturated carbocycles. The number of phosphoric acid groups is 2. The van der Waals surface area contributed by atoms with Crippen LogP contribution in [0.4, 0.5) is 0 Å².